The largest absolute Gasteiger partial charge is 0.338 e. The molecule has 0 amide bonds. The van der Waals surface area contributed by atoms with Crippen molar-refractivity contribution < 1.29 is 0 Å². The van der Waals surface area contributed by atoms with Gasteiger partial charge in [-0.05, 0) is 18.6 Å². The van der Waals surface area contributed by atoms with Crippen molar-refractivity contribution in [3.8, 4) is 22.6 Å². The molecule has 3 heteroatoms. The fraction of sp³-hybridized carbons (Fsp3) is 0.0667. The monoisotopic (exact) mass is 235 g/mol. The van der Waals surface area contributed by atoms with Gasteiger partial charge in [0.15, 0.2) is 0 Å². The van der Waals surface area contributed by atoms with Crippen molar-refractivity contribution in [2.45, 2.75) is 6.92 Å². The molecular weight excluding hydrogens is 222 g/mol. The molecule has 0 unspecified atom stereocenters. The maximum atomic E-state index is 4.42. The van der Waals surface area contributed by atoms with Crippen LogP contribution in [0.4, 0.5) is 0 Å². The molecule has 3 aromatic rings. The summed E-state index contributed by atoms with van der Waals surface area (Å²) in [5.74, 6) is 0.883. The zero-order chi connectivity index (χ0) is 12.4. The van der Waals surface area contributed by atoms with Crippen molar-refractivity contribution in [1.29, 1.82) is 0 Å². The number of aryl methyl sites for hydroxylation is 1. The maximum absolute atomic E-state index is 4.42. The lowest BCUT2D eigenvalue weighted by atomic mass is 10.1. The lowest BCUT2D eigenvalue weighted by Gasteiger charge is -2.01. The molecule has 0 aliphatic carbocycles. The van der Waals surface area contributed by atoms with Gasteiger partial charge in [0.25, 0.3) is 0 Å². The number of hydrogen-bond donors (Lipinski definition) is 1. The molecule has 1 aromatic carbocycles. The Morgan fingerprint density at radius 1 is 1.00 bits per heavy atom. The number of pyridine rings is 1. The van der Waals surface area contributed by atoms with E-state index in [0.29, 0.717) is 0 Å². The molecular formula is C15H13N3. The molecule has 2 aromatic heterocycles. The summed E-state index contributed by atoms with van der Waals surface area (Å²) in [5.41, 5.74) is 4.37. The zero-order valence-corrected chi connectivity index (χ0v) is 10.1. The van der Waals surface area contributed by atoms with Gasteiger partial charge in [0.05, 0.1) is 11.9 Å². The molecule has 0 aliphatic heterocycles. The van der Waals surface area contributed by atoms with Crippen LogP contribution in [0, 0.1) is 6.92 Å². The number of imidazole rings is 1. The number of H-pyrrole nitrogens is 1. The van der Waals surface area contributed by atoms with Gasteiger partial charge in [-0.25, -0.2) is 4.98 Å². The molecule has 0 atom stereocenters. The van der Waals surface area contributed by atoms with Crippen molar-refractivity contribution in [2.24, 2.45) is 0 Å². The Labute approximate surface area is 106 Å². The fourth-order valence-corrected chi connectivity index (χ4v) is 1.95. The van der Waals surface area contributed by atoms with Gasteiger partial charge in [-0.3, -0.25) is 4.98 Å². The van der Waals surface area contributed by atoms with Crippen molar-refractivity contribution in [2.75, 3.05) is 0 Å². The summed E-state index contributed by atoms with van der Waals surface area (Å²) in [5, 5.41) is 0. The molecule has 2 heterocycles. The minimum Gasteiger partial charge on any atom is -0.338 e. The highest BCUT2D eigenvalue weighted by Crippen LogP contribution is 2.23. The van der Waals surface area contributed by atoms with Gasteiger partial charge in [0.2, 0.25) is 0 Å². The first-order valence-corrected chi connectivity index (χ1v) is 5.86. The van der Waals surface area contributed by atoms with Gasteiger partial charge in [0, 0.05) is 23.5 Å². The third-order valence-corrected chi connectivity index (χ3v) is 2.95. The second-order valence-electron chi connectivity index (χ2n) is 4.20. The lowest BCUT2D eigenvalue weighted by Crippen LogP contribution is -1.85. The first kappa shape index (κ1) is 10.7. The van der Waals surface area contributed by atoms with Crippen molar-refractivity contribution >= 4 is 0 Å². The average Bonchev–Trinajstić information content (AvgIpc) is 2.90. The van der Waals surface area contributed by atoms with E-state index in [-0.39, 0.29) is 0 Å². The molecule has 0 radical (unpaired) electrons. The summed E-state index contributed by atoms with van der Waals surface area (Å²) in [6.07, 6.45) is 5.51. The molecule has 18 heavy (non-hydrogen) atoms. The molecule has 3 nitrogen and oxygen atoms in total. The predicted molar refractivity (Wildman–Crippen MR) is 72.0 cm³/mol. The third-order valence-electron chi connectivity index (χ3n) is 2.95. The quantitative estimate of drug-likeness (QED) is 0.739. The molecule has 0 saturated carbocycles. The Balaban J connectivity index is 2.03. The minimum atomic E-state index is 0.883. The molecule has 1 N–H and O–H groups in total. The van der Waals surface area contributed by atoms with E-state index in [0.717, 1.165) is 22.6 Å². The third kappa shape index (κ3) is 1.91. The summed E-state index contributed by atoms with van der Waals surface area (Å²) in [6.45, 7) is 2.07. The van der Waals surface area contributed by atoms with Gasteiger partial charge in [0.1, 0.15) is 5.82 Å². The highest BCUT2D eigenvalue weighted by Gasteiger charge is 2.06. The number of nitrogens with one attached hydrogen (secondary N) is 1. The van der Waals surface area contributed by atoms with Crippen LogP contribution >= 0.6 is 0 Å². The van der Waals surface area contributed by atoms with E-state index in [1.807, 2.05) is 48.8 Å². The summed E-state index contributed by atoms with van der Waals surface area (Å²) < 4.78 is 0. The van der Waals surface area contributed by atoms with Crippen LogP contribution in [0.15, 0.2) is 55.0 Å². The van der Waals surface area contributed by atoms with E-state index in [9.17, 15) is 0 Å². The van der Waals surface area contributed by atoms with Gasteiger partial charge in [-0.15, -0.1) is 0 Å². The Morgan fingerprint density at radius 2 is 1.83 bits per heavy atom. The minimum absolute atomic E-state index is 0.883. The van der Waals surface area contributed by atoms with Gasteiger partial charge in [-0.2, -0.15) is 0 Å². The van der Waals surface area contributed by atoms with Crippen LogP contribution in [0.2, 0.25) is 0 Å². The van der Waals surface area contributed by atoms with E-state index in [2.05, 4.69) is 21.9 Å². The Morgan fingerprint density at radius 3 is 2.61 bits per heavy atom. The topological polar surface area (TPSA) is 41.6 Å². The Kier molecular flexibility index (Phi) is 2.65. The SMILES string of the molecule is Cc1ccncc1-c1cnc(-c2ccccc2)[nH]1. The summed E-state index contributed by atoms with van der Waals surface area (Å²) in [6, 6.07) is 12.1. The van der Waals surface area contributed by atoms with Crippen molar-refractivity contribution in [3.63, 3.8) is 0 Å². The van der Waals surface area contributed by atoms with Gasteiger partial charge >= 0.3 is 0 Å². The van der Waals surface area contributed by atoms with Crippen LogP contribution in [0.5, 0.6) is 0 Å². The number of benzene rings is 1. The number of rotatable bonds is 2. The lowest BCUT2D eigenvalue weighted by molar-refractivity contribution is 1.26. The van der Waals surface area contributed by atoms with Crippen LogP contribution in [-0.2, 0) is 0 Å². The molecule has 0 aliphatic rings. The first-order chi connectivity index (χ1) is 8.84. The maximum Gasteiger partial charge on any atom is 0.137 e. The average molecular weight is 235 g/mol. The molecule has 88 valence electrons. The second kappa shape index (κ2) is 4.45. The van der Waals surface area contributed by atoms with E-state index in [4.69, 9.17) is 0 Å². The first-order valence-electron chi connectivity index (χ1n) is 5.86. The number of aromatic nitrogens is 3. The second-order valence-corrected chi connectivity index (χ2v) is 4.20. The summed E-state index contributed by atoms with van der Waals surface area (Å²) >= 11 is 0. The summed E-state index contributed by atoms with van der Waals surface area (Å²) in [7, 11) is 0. The Bertz CT molecular complexity index is 656. The molecule has 3 rings (SSSR count). The fourth-order valence-electron chi connectivity index (χ4n) is 1.95. The normalized spacial score (nSPS) is 10.5. The number of aromatic amines is 1. The van der Waals surface area contributed by atoms with E-state index in [1.165, 1.54) is 5.56 Å². The van der Waals surface area contributed by atoms with Crippen LogP contribution < -0.4 is 0 Å². The zero-order valence-electron chi connectivity index (χ0n) is 10.1. The molecule has 0 fully saturated rings. The molecule has 0 spiro atoms. The Hall–Kier alpha value is -2.42. The predicted octanol–water partition coefficient (Wildman–Crippen LogP) is 3.45. The highest BCUT2D eigenvalue weighted by atomic mass is 14.9. The number of nitrogens with zero attached hydrogens (tertiary/aromatic N) is 2. The smallest absolute Gasteiger partial charge is 0.137 e. The summed E-state index contributed by atoms with van der Waals surface area (Å²) in [4.78, 5) is 11.9. The van der Waals surface area contributed by atoms with E-state index < -0.39 is 0 Å². The molecule has 0 bridgehead atoms. The number of hydrogen-bond acceptors (Lipinski definition) is 2. The van der Waals surface area contributed by atoms with E-state index in [1.54, 1.807) is 6.20 Å². The van der Waals surface area contributed by atoms with Crippen LogP contribution in [0.3, 0.4) is 0 Å². The molecule has 0 saturated heterocycles. The van der Waals surface area contributed by atoms with E-state index >= 15 is 0 Å². The van der Waals surface area contributed by atoms with Crippen molar-refractivity contribution in [1.82, 2.24) is 15.0 Å². The van der Waals surface area contributed by atoms with Gasteiger partial charge < -0.3 is 4.98 Å². The highest BCUT2D eigenvalue weighted by molar-refractivity contribution is 5.66. The van der Waals surface area contributed by atoms with Crippen molar-refractivity contribution in [3.05, 3.63) is 60.6 Å². The van der Waals surface area contributed by atoms with Gasteiger partial charge in [-0.1, -0.05) is 30.3 Å². The standard InChI is InChI=1S/C15H13N3/c1-11-7-8-16-9-13(11)14-10-17-15(18-14)12-5-3-2-4-6-12/h2-10H,1H3,(H,17,18). The van der Waals surface area contributed by atoms with Crippen LogP contribution in [0.1, 0.15) is 5.56 Å². The van der Waals surface area contributed by atoms with Crippen LogP contribution in [-0.4, -0.2) is 15.0 Å². The van der Waals surface area contributed by atoms with Crippen LogP contribution in [0.25, 0.3) is 22.6 Å².